The fourth-order valence-electron chi connectivity index (χ4n) is 3.73. The lowest BCUT2D eigenvalue weighted by molar-refractivity contribution is 0.344. The Balaban J connectivity index is 2.01. The molecule has 2 nitrogen and oxygen atoms in total. The molecule has 3 heteroatoms. The van der Waals surface area contributed by atoms with Gasteiger partial charge in [-0.1, -0.05) is 25.1 Å². The highest BCUT2D eigenvalue weighted by Gasteiger charge is 2.43. The number of thioether (sulfide) groups is 1. The summed E-state index contributed by atoms with van der Waals surface area (Å²) < 4.78 is 0. The predicted octanol–water partition coefficient (Wildman–Crippen LogP) is 3.05. The Morgan fingerprint density at radius 1 is 1.37 bits per heavy atom. The first-order valence-corrected chi connectivity index (χ1v) is 8.50. The second-order valence-electron chi connectivity index (χ2n) is 5.81. The van der Waals surface area contributed by atoms with Gasteiger partial charge in [-0.2, -0.15) is 11.8 Å². The molecule has 2 aliphatic rings. The maximum absolute atomic E-state index is 6.26. The maximum Gasteiger partial charge on any atom is 0.0639 e. The van der Waals surface area contributed by atoms with E-state index in [2.05, 4.69) is 47.9 Å². The summed E-state index contributed by atoms with van der Waals surface area (Å²) in [6.45, 7) is 4.31. The molecular weight excluding hydrogens is 252 g/mol. The third-order valence-corrected chi connectivity index (χ3v) is 6.34. The molecule has 2 heterocycles. The van der Waals surface area contributed by atoms with Gasteiger partial charge in [0, 0.05) is 24.0 Å². The van der Waals surface area contributed by atoms with Gasteiger partial charge < -0.3 is 10.6 Å². The van der Waals surface area contributed by atoms with Crippen LogP contribution in [0.15, 0.2) is 24.3 Å². The minimum atomic E-state index is 0.166. The van der Waals surface area contributed by atoms with E-state index in [4.69, 9.17) is 5.73 Å². The van der Waals surface area contributed by atoms with Crippen LogP contribution in [0, 0.1) is 0 Å². The number of nitrogens with zero attached hydrogens (tertiary/aromatic N) is 1. The van der Waals surface area contributed by atoms with Crippen LogP contribution in [0.3, 0.4) is 0 Å². The lowest BCUT2D eigenvalue weighted by Gasteiger charge is -2.52. The van der Waals surface area contributed by atoms with E-state index < -0.39 is 0 Å². The fourth-order valence-corrected chi connectivity index (χ4v) is 5.04. The first-order chi connectivity index (χ1) is 9.28. The standard InChI is InChI=1S/C16H24N2S/c1-13-16(12-17,9-5-11-19-13)18-10-4-7-14-6-2-3-8-15(14)18/h2-3,6,8,13H,4-5,7,9-12,17H2,1H3. The van der Waals surface area contributed by atoms with Gasteiger partial charge in [-0.3, -0.25) is 0 Å². The van der Waals surface area contributed by atoms with Crippen LogP contribution in [0.1, 0.15) is 31.7 Å². The number of rotatable bonds is 2. The zero-order chi connectivity index (χ0) is 13.3. The van der Waals surface area contributed by atoms with Crippen molar-refractivity contribution in [2.45, 2.75) is 43.4 Å². The summed E-state index contributed by atoms with van der Waals surface area (Å²) in [4.78, 5) is 2.64. The summed E-state index contributed by atoms with van der Waals surface area (Å²) >= 11 is 2.10. The van der Waals surface area contributed by atoms with Crippen molar-refractivity contribution in [3.8, 4) is 0 Å². The van der Waals surface area contributed by atoms with Gasteiger partial charge >= 0.3 is 0 Å². The van der Waals surface area contributed by atoms with Gasteiger partial charge in [-0.05, 0) is 43.1 Å². The number of aryl methyl sites for hydroxylation is 1. The van der Waals surface area contributed by atoms with E-state index in [1.165, 1.54) is 49.2 Å². The summed E-state index contributed by atoms with van der Waals surface area (Å²) in [5.41, 5.74) is 9.37. The summed E-state index contributed by atoms with van der Waals surface area (Å²) in [5, 5.41) is 0.623. The average molecular weight is 276 g/mol. The van der Waals surface area contributed by atoms with Gasteiger partial charge in [-0.15, -0.1) is 0 Å². The normalized spacial score (nSPS) is 31.1. The second kappa shape index (κ2) is 5.37. The van der Waals surface area contributed by atoms with Crippen LogP contribution in [0.25, 0.3) is 0 Å². The van der Waals surface area contributed by atoms with E-state index in [9.17, 15) is 0 Å². The molecule has 0 spiro atoms. The van der Waals surface area contributed by atoms with Crippen molar-refractivity contribution in [3.63, 3.8) is 0 Å². The molecule has 2 unspecified atom stereocenters. The highest BCUT2D eigenvalue weighted by molar-refractivity contribution is 8.00. The molecule has 1 fully saturated rings. The Kier molecular flexibility index (Phi) is 3.77. The second-order valence-corrected chi connectivity index (χ2v) is 7.26. The Morgan fingerprint density at radius 2 is 2.21 bits per heavy atom. The molecule has 19 heavy (non-hydrogen) atoms. The van der Waals surface area contributed by atoms with Crippen LogP contribution in [-0.4, -0.2) is 29.6 Å². The van der Waals surface area contributed by atoms with Crippen molar-refractivity contribution in [2.24, 2.45) is 5.73 Å². The topological polar surface area (TPSA) is 29.3 Å². The maximum atomic E-state index is 6.26. The molecular formula is C16H24N2S. The van der Waals surface area contributed by atoms with Gasteiger partial charge in [0.25, 0.3) is 0 Å². The highest BCUT2D eigenvalue weighted by Crippen LogP contribution is 2.42. The summed E-state index contributed by atoms with van der Waals surface area (Å²) in [5.74, 6) is 1.29. The van der Waals surface area contributed by atoms with Gasteiger partial charge in [0.2, 0.25) is 0 Å². The number of hydrogen-bond donors (Lipinski definition) is 1. The number of anilines is 1. The van der Waals surface area contributed by atoms with Gasteiger partial charge in [0.05, 0.1) is 5.54 Å². The van der Waals surface area contributed by atoms with Crippen molar-refractivity contribution >= 4 is 17.4 Å². The Hall–Kier alpha value is -0.670. The molecule has 2 atom stereocenters. The molecule has 104 valence electrons. The van der Waals surface area contributed by atoms with E-state index in [1.54, 1.807) is 0 Å². The van der Waals surface area contributed by atoms with E-state index in [0.717, 1.165) is 6.54 Å². The molecule has 2 N–H and O–H groups in total. The third-order valence-electron chi connectivity index (χ3n) is 4.88. The average Bonchev–Trinajstić information content (AvgIpc) is 2.48. The Bertz CT molecular complexity index is 448. The van der Waals surface area contributed by atoms with Gasteiger partial charge in [-0.25, -0.2) is 0 Å². The van der Waals surface area contributed by atoms with E-state index >= 15 is 0 Å². The predicted molar refractivity (Wildman–Crippen MR) is 85.0 cm³/mol. The largest absolute Gasteiger partial charge is 0.363 e. The summed E-state index contributed by atoms with van der Waals surface area (Å²) in [6.07, 6.45) is 5.02. The van der Waals surface area contributed by atoms with Gasteiger partial charge in [0.1, 0.15) is 0 Å². The number of nitrogens with two attached hydrogens (primary N) is 1. The first kappa shape index (κ1) is 13.3. The lowest BCUT2D eigenvalue weighted by atomic mass is 9.84. The monoisotopic (exact) mass is 276 g/mol. The highest BCUT2D eigenvalue weighted by atomic mass is 32.2. The first-order valence-electron chi connectivity index (χ1n) is 7.45. The molecule has 0 aromatic heterocycles. The van der Waals surface area contributed by atoms with E-state index in [0.29, 0.717) is 5.25 Å². The minimum Gasteiger partial charge on any atom is -0.363 e. The van der Waals surface area contributed by atoms with Crippen LogP contribution >= 0.6 is 11.8 Å². The lowest BCUT2D eigenvalue weighted by Crippen LogP contribution is -2.62. The zero-order valence-electron chi connectivity index (χ0n) is 11.8. The SMILES string of the molecule is CC1SCCCC1(CN)N1CCCc2ccccc21. The molecule has 1 saturated heterocycles. The van der Waals surface area contributed by atoms with Crippen molar-refractivity contribution < 1.29 is 0 Å². The van der Waals surface area contributed by atoms with Crippen molar-refractivity contribution in [1.82, 2.24) is 0 Å². The minimum absolute atomic E-state index is 0.166. The molecule has 0 amide bonds. The van der Waals surface area contributed by atoms with Crippen LogP contribution in [-0.2, 0) is 6.42 Å². The molecule has 3 rings (SSSR count). The van der Waals surface area contributed by atoms with E-state index in [-0.39, 0.29) is 5.54 Å². The molecule has 1 aromatic rings. The van der Waals surface area contributed by atoms with Crippen LogP contribution in [0.5, 0.6) is 0 Å². The molecule has 0 aliphatic carbocycles. The van der Waals surface area contributed by atoms with Crippen LogP contribution in [0.2, 0.25) is 0 Å². The van der Waals surface area contributed by atoms with Crippen molar-refractivity contribution in [2.75, 3.05) is 23.7 Å². The Labute approximate surface area is 120 Å². The molecule has 2 aliphatic heterocycles. The van der Waals surface area contributed by atoms with Crippen molar-refractivity contribution in [1.29, 1.82) is 0 Å². The summed E-state index contributed by atoms with van der Waals surface area (Å²) in [6, 6.07) is 8.91. The third kappa shape index (κ3) is 2.17. The number of para-hydroxylation sites is 1. The number of hydrogen-bond acceptors (Lipinski definition) is 3. The smallest absolute Gasteiger partial charge is 0.0639 e. The molecule has 0 radical (unpaired) electrons. The molecule has 0 bridgehead atoms. The van der Waals surface area contributed by atoms with E-state index in [1.807, 2.05) is 0 Å². The Morgan fingerprint density at radius 3 is 3.00 bits per heavy atom. The zero-order valence-corrected chi connectivity index (χ0v) is 12.6. The molecule has 1 aromatic carbocycles. The van der Waals surface area contributed by atoms with Crippen molar-refractivity contribution in [3.05, 3.63) is 29.8 Å². The fraction of sp³-hybridized carbons (Fsp3) is 0.625. The van der Waals surface area contributed by atoms with Crippen LogP contribution < -0.4 is 10.6 Å². The summed E-state index contributed by atoms with van der Waals surface area (Å²) in [7, 11) is 0. The molecule has 0 saturated carbocycles. The van der Waals surface area contributed by atoms with Gasteiger partial charge in [0.15, 0.2) is 0 Å². The number of benzene rings is 1. The quantitative estimate of drug-likeness (QED) is 0.900. The van der Waals surface area contributed by atoms with Crippen LogP contribution in [0.4, 0.5) is 5.69 Å². The number of fused-ring (bicyclic) bond motifs is 1.